The van der Waals surface area contributed by atoms with E-state index in [0.29, 0.717) is 0 Å². The van der Waals surface area contributed by atoms with E-state index in [9.17, 15) is 0 Å². The lowest BCUT2D eigenvalue weighted by Gasteiger charge is -2.26. The molecule has 0 amide bonds. The van der Waals surface area contributed by atoms with Crippen LogP contribution in [0.4, 0.5) is 17.1 Å². The summed E-state index contributed by atoms with van der Waals surface area (Å²) in [6.07, 6.45) is 0. The van der Waals surface area contributed by atoms with Crippen molar-refractivity contribution in [3.05, 3.63) is 164 Å². The fourth-order valence-electron chi connectivity index (χ4n) is 5.21. The Balaban J connectivity index is 1.26. The van der Waals surface area contributed by atoms with E-state index >= 15 is 0 Å². The highest BCUT2D eigenvalue weighted by Gasteiger charge is 2.14. The van der Waals surface area contributed by atoms with Crippen molar-refractivity contribution in [2.24, 2.45) is 0 Å². The van der Waals surface area contributed by atoms with E-state index in [2.05, 4.69) is 138 Å². The number of hydrogen-bond acceptors (Lipinski definition) is 2. The van der Waals surface area contributed by atoms with Crippen LogP contribution in [-0.2, 0) is 0 Å². The van der Waals surface area contributed by atoms with Crippen molar-refractivity contribution in [1.29, 1.82) is 0 Å². The molecule has 1 aromatic heterocycles. The molecule has 7 rings (SSSR count). The quantitative estimate of drug-likeness (QED) is 0.220. The molecule has 6 aromatic carbocycles. The lowest BCUT2D eigenvalue weighted by atomic mass is 10.0. The van der Waals surface area contributed by atoms with Crippen molar-refractivity contribution in [3.8, 4) is 33.6 Å². The predicted molar refractivity (Wildman–Crippen MR) is 167 cm³/mol. The van der Waals surface area contributed by atoms with Gasteiger partial charge in [-0.05, 0) is 82.9 Å². The summed E-state index contributed by atoms with van der Waals surface area (Å²) < 4.78 is 6.12. The van der Waals surface area contributed by atoms with E-state index in [1.165, 1.54) is 22.3 Å². The molecule has 0 atom stereocenters. The van der Waals surface area contributed by atoms with Crippen molar-refractivity contribution in [2.45, 2.75) is 0 Å². The zero-order valence-electron chi connectivity index (χ0n) is 21.9. The molecule has 190 valence electrons. The molecule has 7 aromatic rings. The lowest BCUT2D eigenvalue weighted by molar-refractivity contribution is 0.631. The molecule has 2 nitrogen and oxygen atoms in total. The Hall–Kier alpha value is -5.34. The van der Waals surface area contributed by atoms with Crippen molar-refractivity contribution in [2.75, 3.05) is 4.90 Å². The van der Waals surface area contributed by atoms with Gasteiger partial charge in [0.1, 0.15) is 11.3 Å². The maximum atomic E-state index is 6.12. The van der Waals surface area contributed by atoms with E-state index < -0.39 is 0 Å². The zero-order chi connectivity index (χ0) is 26.7. The average molecular weight is 514 g/mol. The summed E-state index contributed by atoms with van der Waals surface area (Å²) in [4.78, 5) is 2.30. The summed E-state index contributed by atoms with van der Waals surface area (Å²) in [5.74, 6) is 0.874. The molecule has 0 aliphatic carbocycles. The summed E-state index contributed by atoms with van der Waals surface area (Å²) in [7, 11) is 0. The fraction of sp³-hybridized carbons (Fsp3) is 0. The van der Waals surface area contributed by atoms with Gasteiger partial charge >= 0.3 is 0 Å². The Kier molecular flexibility index (Phi) is 6.20. The Morgan fingerprint density at radius 2 is 0.750 bits per heavy atom. The number of anilines is 3. The minimum Gasteiger partial charge on any atom is -0.456 e. The maximum Gasteiger partial charge on any atom is 0.135 e. The molecule has 0 N–H and O–H groups in total. The van der Waals surface area contributed by atoms with Gasteiger partial charge in [0, 0.05) is 28.0 Å². The zero-order valence-corrected chi connectivity index (χ0v) is 21.9. The number of furan rings is 1. The first kappa shape index (κ1) is 23.8. The van der Waals surface area contributed by atoms with Crippen LogP contribution in [0, 0.1) is 0 Å². The first-order valence-electron chi connectivity index (χ1n) is 13.5. The van der Waals surface area contributed by atoms with Gasteiger partial charge in [0.15, 0.2) is 0 Å². The molecule has 1 heterocycles. The van der Waals surface area contributed by atoms with Gasteiger partial charge in [0.25, 0.3) is 0 Å². The second kappa shape index (κ2) is 10.4. The summed E-state index contributed by atoms with van der Waals surface area (Å²) in [5, 5.41) is 1.11. The minimum atomic E-state index is 0.874. The minimum absolute atomic E-state index is 0.874. The van der Waals surface area contributed by atoms with E-state index in [0.717, 1.165) is 39.4 Å². The third-order valence-corrected chi connectivity index (χ3v) is 7.30. The van der Waals surface area contributed by atoms with Gasteiger partial charge in [-0.2, -0.15) is 0 Å². The third-order valence-electron chi connectivity index (χ3n) is 7.30. The van der Waals surface area contributed by atoms with E-state index in [4.69, 9.17) is 4.42 Å². The largest absolute Gasteiger partial charge is 0.456 e. The van der Waals surface area contributed by atoms with Crippen molar-refractivity contribution >= 4 is 28.0 Å². The molecule has 0 bridgehead atoms. The molecule has 0 saturated carbocycles. The SMILES string of the molecule is c1ccc(-c2ccc(N(c3ccc(-c4ccccc4)cc3)c3ccc(-c4cc5ccccc5o4)cc3)cc2)cc1. The average Bonchev–Trinajstić information content (AvgIpc) is 3.48. The topological polar surface area (TPSA) is 16.4 Å². The predicted octanol–water partition coefficient (Wildman–Crippen LogP) is 10.9. The van der Waals surface area contributed by atoms with Gasteiger partial charge < -0.3 is 9.32 Å². The first-order valence-corrected chi connectivity index (χ1v) is 13.5. The second-order valence-corrected chi connectivity index (χ2v) is 9.86. The van der Waals surface area contributed by atoms with Gasteiger partial charge in [0.05, 0.1) is 0 Å². The van der Waals surface area contributed by atoms with Gasteiger partial charge in [-0.1, -0.05) is 103 Å². The van der Waals surface area contributed by atoms with Crippen LogP contribution in [0.2, 0.25) is 0 Å². The number of fused-ring (bicyclic) bond motifs is 1. The van der Waals surface area contributed by atoms with Crippen LogP contribution in [0.25, 0.3) is 44.5 Å². The van der Waals surface area contributed by atoms with Gasteiger partial charge in [0.2, 0.25) is 0 Å². The molecule has 0 aliphatic rings. The monoisotopic (exact) mass is 513 g/mol. The molecule has 0 unspecified atom stereocenters. The highest BCUT2D eigenvalue weighted by Crippen LogP contribution is 2.38. The summed E-state index contributed by atoms with van der Waals surface area (Å²) in [5.41, 5.74) is 10.1. The molecule has 0 spiro atoms. The van der Waals surface area contributed by atoms with Crippen LogP contribution in [-0.4, -0.2) is 0 Å². The van der Waals surface area contributed by atoms with Gasteiger partial charge in [-0.15, -0.1) is 0 Å². The van der Waals surface area contributed by atoms with Crippen molar-refractivity contribution in [1.82, 2.24) is 0 Å². The molecule has 0 fully saturated rings. The maximum absolute atomic E-state index is 6.12. The molecular weight excluding hydrogens is 486 g/mol. The summed E-state index contributed by atoms with van der Waals surface area (Å²) in [6, 6.07) is 57.4. The molecular formula is C38H27NO. The Labute approximate surface area is 234 Å². The molecule has 40 heavy (non-hydrogen) atoms. The standard InChI is InChI=1S/C38H27NO/c1-3-9-28(10-4-1)30-15-21-34(22-16-30)39(35-23-17-31(18-24-35)29-11-5-2-6-12-29)36-25-19-32(20-26-36)38-27-33-13-7-8-14-37(33)40-38/h1-27H. The van der Waals surface area contributed by atoms with Crippen LogP contribution in [0.15, 0.2) is 168 Å². The van der Waals surface area contributed by atoms with E-state index in [-0.39, 0.29) is 0 Å². The Morgan fingerprint density at radius 3 is 1.23 bits per heavy atom. The number of hydrogen-bond donors (Lipinski definition) is 0. The van der Waals surface area contributed by atoms with Crippen LogP contribution in [0.5, 0.6) is 0 Å². The van der Waals surface area contributed by atoms with Crippen molar-refractivity contribution < 1.29 is 4.42 Å². The van der Waals surface area contributed by atoms with Crippen LogP contribution in [0.3, 0.4) is 0 Å². The second-order valence-electron chi connectivity index (χ2n) is 9.86. The van der Waals surface area contributed by atoms with E-state index in [1.807, 2.05) is 30.3 Å². The van der Waals surface area contributed by atoms with Crippen molar-refractivity contribution in [3.63, 3.8) is 0 Å². The van der Waals surface area contributed by atoms with E-state index in [1.54, 1.807) is 0 Å². The van der Waals surface area contributed by atoms with Crippen LogP contribution >= 0.6 is 0 Å². The molecule has 0 aliphatic heterocycles. The fourth-order valence-corrected chi connectivity index (χ4v) is 5.21. The molecule has 2 heteroatoms. The van der Waals surface area contributed by atoms with Gasteiger partial charge in [-0.3, -0.25) is 0 Å². The molecule has 0 saturated heterocycles. The number of para-hydroxylation sites is 1. The Morgan fingerprint density at radius 1 is 0.350 bits per heavy atom. The Bertz CT molecular complexity index is 1740. The van der Waals surface area contributed by atoms with Crippen LogP contribution < -0.4 is 4.90 Å². The van der Waals surface area contributed by atoms with Crippen LogP contribution in [0.1, 0.15) is 0 Å². The number of rotatable bonds is 6. The summed E-state index contributed by atoms with van der Waals surface area (Å²) in [6.45, 7) is 0. The smallest absolute Gasteiger partial charge is 0.135 e. The first-order chi connectivity index (χ1) is 19.8. The highest BCUT2D eigenvalue weighted by molar-refractivity contribution is 5.84. The van der Waals surface area contributed by atoms with Gasteiger partial charge in [-0.25, -0.2) is 0 Å². The normalized spacial score (nSPS) is 11.0. The highest BCUT2D eigenvalue weighted by atomic mass is 16.3. The summed E-state index contributed by atoms with van der Waals surface area (Å²) >= 11 is 0. The molecule has 0 radical (unpaired) electrons. The number of benzene rings is 6. The third kappa shape index (κ3) is 4.68. The lowest BCUT2D eigenvalue weighted by Crippen LogP contribution is -2.09. The number of nitrogens with zero attached hydrogens (tertiary/aromatic N) is 1.